The van der Waals surface area contributed by atoms with Gasteiger partial charge in [0.2, 0.25) is 0 Å². The number of aryl methyl sites for hydroxylation is 1. The lowest BCUT2D eigenvalue weighted by molar-refractivity contribution is 0.276. The lowest BCUT2D eigenvalue weighted by Crippen LogP contribution is -1.92. The molecule has 0 atom stereocenters. The number of nitrogens with zero attached hydrogens (tertiary/aromatic N) is 6. The Morgan fingerprint density at radius 3 is 2.61 bits per heavy atom. The standard InChI is InChI=1S/C23H17FN8O/c1-32-10-14(18(11-33)31-32)15-6-7-17-21(26-15)22(30-29-17)23-27-16-8-9-25-19(20(16)28-23)12-2-4-13(24)5-3-12/h2-10,33H,11H2,1H3,(H,27,28)(H,29,30). The van der Waals surface area contributed by atoms with E-state index < -0.39 is 0 Å². The number of hydrogen-bond acceptors (Lipinski definition) is 6. The van der Waals surface area contributed by atoms with Crippen LogP contribution in [0.25, 0.3) is 56.1 Å². The van der Waals surface area contributed by atoms with Crippen LogP contribution in [0.2, 0.25) is 0 Å². The van der Waals surface area contributed by atoms with Gasteiger partial charge >= 0.3 is 0 Å². The molecule has 0 aliphatic heterocycles. The van der Waals surface area contributed by atoms with Gasteiger partial charge in [-0.1, -0.05) is 0 Å². The SMILES string of the molecule is Cn1cc(-c2ccc3[nH]nc(-c4nc5c(-c6ccc(F)cc6)nccc5[nH]4)c3n2)c(CO)n1. The summed E-state index contributed by atoms with van der Waals surface area (Å²) in [5.74, 6) is 0.224. The Kier molecular flexibility index (Phi) is 4.27. The number of aromatic nitrogens is 8. The van der Waals surface area contributed by atoms with Crippen molar-refractivity contribution >= 4 is 22.1 Å². The molecule has 5 aromatic heterocycles. The van der Waals surface area contributed by atoms with Gasteiger partial charge < -0.3 is 10.1 Å². The van der Waals surface area contributed by atoms with Crippen molar-refractivity contribution in [2.45, 2.75) is 6.61 Å². The van der Waals surface area contributed by atoms with Gasteiger partial charge in [-0.2, -0.15) is 10.2 Å². The van der Waals surface area contributed by atoms with Crippen LogP contribution in [0.4, 0.5) is 4.39 Å². The van der Waals surface area contributed by atoms with Gasteiger partial charge in [0.25, 0.3) is 0 Å². The first-order valence-corrected chi connectivity index (χ1v) is 10.2. The number of fused-ring (bicyclic) bond motifs is 2. The highest BCUT2D eigenvalue weighted by Crippen LogP contribution is 2.31. The summed E-state index contributed by atoms with van der Waals surface area (Å²) in [5.41, 5.74) is 6.76. The van der Waals surface area contributed by atoms with E-state index in [2.05, 4.69) is 25.3 Å². The fourth-order valence-corrected chi connectivity index (χ4v) is 3.95. The van der Waals surface area contributed by atoms with E-state index in [1.165, 1.54) is 12.1 Å². The van der Waals surface area contributed by atoms with Crippen LogP contribution in [-0.2, 0) is 13.7 Å². The lowest BCUT2D eigenvalue weighted by atomic mass is 10.1. The largest absolute Gasteiger partial charge is 0.390 e. The average Bonchev–Trinajstić information content (AvgIpc) is 3.54. The summed E-state index contributed by atoms with van der Waals surface area (Å²) in [4.78, 5) is 17.3. The second-order valence-electron chi connectivity index (χ2n) is 7.63. The molecule has 10 heteroatoms. The fourth-order valence-electron chi connectivity index (χ4n) is 3.95. The molecule has 0 radical (unpaired) electrons. The molecule has 9 nitrogen and oxygen atoms in total. The van der Waals surface area contributed by atoms with Crippen LogP contribution in [0.15, 0.2) is 54.9 Å². The van der Waals surface area contributed by atoms with E-state index >= 15 is 0 Å². The number of hydrogen-bond donors (Lipinski definition) is 3. The Bertz CT molecular complexity index is 1630. The molecule has 6 rings (SSSR count). The van der Waals surface area contributed by atoms with Gasteiger partial charge in [-0.05, 0) is 42.5 Å². The number of aromatic amines is 2. The molecule has 5 heterocycles. The van der Waals surface area contributed by atoms with Crippen LogP contribution >= 0.6 is 0 Å². The van der Waals surface area contributed by atoms with Crippen molar-refractivity contribution in [2.75, 3.05) is 0 Å². The molecule has 0 unspecified atom stereocenters. The zero-order valence-corrected chi connectivity index (χ0v) is 17.4. The van der Waals surface area contributed by atoms with E-state index in [0.29, 0.717) is 39.6 Å². The second-order valence-corrected chi connectivity index (χ2v) is 7.63. The molecule has 0 bridgehead atoms. The smallest absolute Gasteiger partial charge is 0.161 e. The second kappa shape index (κ2) is 7.31. The lowest BCUT2D eigenvalue weighted by Gasteiger charge is -2.01. The van der Waals surface area contributed by atoms with E-state index in [0.717, 1.165) is 22.2 Å². The molecule has 0 spiro atoms. The molecular weight excluding hydrogens is 423 g/mol. The predicted octanol–water partition coefficient (Wildman–Crippen LogP) is 3.60. The van der Waals surface area contributed by atoms with Gasteiger partial charge in [-0.3, -0.25) is 14.8 Å². The first-order chi connectivity index (χ1) is 16.1. The van der Waals surface area contributed by atoms with E-state index in [1.54, 1.807) is 30.1 Å². The maximum absolute atomic E-state index is 13.4. The Labute approximate surface area is 186 Å². The highest BCUT2D eigenvalue weighted by atomic mass is 19.1. The number of nitrogens with one attached hydrogen (secondary N) is 2. The van der Waals surface area contributed by atoms with Crippen molar-refractivity contribution in [2.24, 2.45) is 7.05 Å². The molecule has 0 saturated heterocycles. The molecular formula is C23H17FN8O. The Morgan fingerprint density at radius 2 is 1.79 bits per heavy atom. The number of pyridine rings is 2. The normalized spacial score (nSPS) is 11.6. The van der Waals surface area contributed by atoms with Crippen LogP contribution in [0.3, 0.4) is 0 Å². The monoisotopic (exact) mass is 440 g/mol. The summed E-state index contributed by atoms with van der Waals surface area (Å²) in [7, 11) is 1.80. The molecule has 162 valence electrons. The van der Waals surface area contributed by atoms with Gasteiger partial charge in [0, 0.05) is 30.6 Å². The van der Waals surface area contributed by atoms with Crippen LogP contribution in [-0.4, -0.2) is 45.0 Å². The summed E-state index contributed by atoms with van der Waals surface area (Å²) in [6.45, 7) is -0.184. The van der Waals surface area contributed by atoms with Crippen LogP contribution in [0, 0.1) is 5.82 Å². The number of halogens is 1. The number of benzene rings is 1. The molecule has 0 saturated carbocycles. The quantitative estimate of drug-likeness (QED) is 0.385. The number of aliphatic hydroxyl groups is 1. The fraction of sp³-hybridized carbons (Fsp3) is 0.0870. The highest BCUT2D eigenvalue weighted by molar-refractivity contribution is 5.95. The zero-order chi connectivity index (χ0) is 22.5. The third-order valence-corrected chi connectivity index (χ3v) is 5.48. The third-order valence-electron chi connectivity index (χ3n) is 5.48. The van der Waals surface area contributed by atoms with Crippen molar-refractivity contribution in [1.82, 2.24) is 39.9 Å². The predicted molar refractivity (Wildman–Crippen MR) is 120 cm³/mol. The summed E-state index contributed by atoms with van der Waals surface area (Å²) in [6.07, 6.45) is 3.50. The van der Waals surface area contributed by atoms with Gasteiger partial charge in [0.05, 0.1) is 34.7 Å². The molecule has 0 aliphatic rings. The van der Waals surface area contributed by atoms with Crippen LogP contribution < -0.4 is 0 Å². The van der Waals surface area contributed by atoms with Crippen molar-refractivity contribution in [3.05, 3.63) is 66.4 Å². The van der Waals surface area contributed by atoms with Crippen molar-refractivity contribution in [1.29, 1.82) is 0 Å². The first-order valence-electron chi connectivity index (χ1n) is 10.2. The molecule has 1 aromatic carbocycles. The minimum absolute atomic E-state index is 0.184. The zero-order valence-electron chi connectivity index (χ0n) is 17.4. The van der Waals surface area contributed by atoms with E-state index in [-0.39, 0.29) is 12.4 Å². The molecule has 0 amide bonds. The Balaban J connectivity index is 1.50. The number of H-pyrrole nitrogens is 2. The van der Waals surface area contributed by atoms with E-state index in [9.17, 15) is 9.50 Å². The van der Waals surface area contributed by atoms with Crippen molar-refractivity contribution in [3.8, 4) is 34.0 Å². The van der Waals surface area contributed by atoms with Gasteiger partial charge in [0.1, 0.15) is 16.9 Å². The molecule has 0 fully saturated rings. The van der Waals surface area contributed by atoms with Crippen LogP contribution in [0.1, 0.15) is 5.69 Å². The maximum atomic E-state index is 13.4. The third kappa shape index (κ3) is 3.15. The average molecular weight is 440 g/mol. The van der Waals surface area contributed by atoms with Crippen molar-refractivity contribution in [3.63, 3.8) is 0 Å². The van der Waals surface area contributed by atoms with Gasteiger partial charge in [0.15, 0.2) is 11.5 Å². The van der Waals surface area contributed by atoms with Gasteiger partial charge in [-0.15, -0.1) is 0 Å². The summed E-state index contributed by atoms with van der Waals surface area (Å²) in [6, 6.07) is 11.7. The number of imidazole rings is 1. The van der Waals surface area contributed by atoms with E-state index in [1.807, 2.05) is 24.4 Å². The molecule has 3 N–H and O–H groups in total. The van der Waals surface area contributed by atoms with E-state index in [4.69, 9.17) is 9.97 Å². The summed E-state index contributed by atoms with van der Waals surface area (Å²) >= 11 is 0. The van der Waals surface area contributed by atoms with Crippen molar-refractivity contribution < 1.29 is 9.50 Å². The topological polar surface area (TPSA) is 121 Å². The molecule has 6 aromatic rings. The van der Waals surface area contributed by atoms with Crippen LogP contribution in [0.5, 0.6) is 0 Å². The Morgan fingerprint density at radius 1 is 0.970 bits per heavy atom. The number of aliphatic hydroxyl groups excluding tert-OH is 1. The molecule has 0 aliphatic carbocycles. The van der Waals surface area contributed by atoms with Gasteiger partial charge in [-0.25, -0.2) is 14.4 Å². The Hall–Kier alpha value is -4.44. The minimum Gasteiger partial charge on any atom is -0.390 e. The summed E-state index contributed by atoms with van der Waals surface area (Å²) in [5, 5.41) is 21.4. The molecule has 33 heavy (non-hydrogen) atoms. The first kappa shape index (κ1) is 19.3. The number of rotatable bonds is 4. The highest BCUT2D eigenvalue weighted by Gasteiger charge is 2.18. The minimum atomic E-state index is -0.309. The summed E-state index contributed by atoms with van der Waals surface area (Å²) < 4.78 is 15.0. The maximum Gasteiger partial charge on any atom is 0.161 e.